The van der Waals surface area contributed by atoms with Gasteiger partial charge in [0, 0.05) is 48.0 Å². The molecule has 0 unspecified atom stereocenters. The smallest absolute Gasteiger partial charge is 0.268 e. The van der Waals surface area contributed by atoms with Gasteiger partial charge in [0.1, 0.15) is 16.9 Å². The molecule has 1 amide bonds. The number of nitrogens with one attached hydrogen (secondary N) is 2. The molecule has 0 radical (unpaired) electrons. The van der Waals surface area contributed by atoms with Crippen LogP contribution < -0.4 is 16.2 Å². The Hall–Kier alpha value is -3.62. The molecule has 0 atom stereocenters. The Morgan fingerprint density at radius 3 is 2.65 bits per heavy atom. The second kappa shape index (κ2) is 10.8. The fourth-order valence-electron chi connectivity index (χ4n) is 4.59. The van der Waals surface area contributed by atoms with Crippen molar-refractivity contribution >= 4 is 40.1 Å². The second-order valence-corrected chi connectivity index (χ2v) is 9.65. The van der Waals surface area contributed by atoms with Crippen LogP contribution in [0.15, 0.2) is 57.9 Å². The van der Waals surface area contributed by atoms with Crippen molar-refractivity contribution in [1.29, 1.82) is 0 Å². The highest BCUT2D eigenvalue weighted by Gasteiger charge is 2.22. The van der Waals surface area contributed by atoms with Crippen molar-refractivity contribution in [3.63, 3.8) is 0 Å². The van der Waals surface area contributed by atoms with Crippen molar-refractivity contribution in [3.8, 4) is 0 Å². The Morgan fingerprint density at radius 1 is 1.16 bits per heavy atom. The Morgan fingerprint density at radius 2 is 1.92 bits per heavy atom. The van der Waals surface area contributed by atoms with Gasteiger partial charge in [-0.3, -0.25) is 14.2 Å². The van der Waals surface area contributed by atoms with Gasteiger partial charge in [-0.2, -0.15) is 0 Å². The summed E-state index contributed by atoms with van der Waals surface area (Å²) in [5.41, 5.74) is 3.09. The van der Waals surface area contributed by atoms with Crippen molar-refractivity contribution in [2.45, 2.75) is 45.7 Å². The monoisotopic (exact) mass is 520 g/mol. The SMILES string of the molecule is CCc1oc2ccc(Nc3ncc(C(=O)NC4CCOCC4)c(=O)n3Cc3ccc(Cl)cc3)cc2c1C. The molecule has 1 fully saturated rings. The number of aryl methyl sites for hydroxylation is 2. The van der Waals surface area contributed by atoms with Gasteiger partial charge in [-0.25, -0.2) is 4.98 Å². The number of carbonyl (C=O) groups is 1. The quantitative estimate of drug-likeness (QED) is 0.347. The third-order valence-electron chi connectivity index (χ3n) is 6.71. The minimum Gasteiger partial charge on any atom is -0.461 e. The minimum absolute atomic E-state index is 0.000255. The van der Waals surface area contributed by atoms with Gasteiger partial charge in [0.05, 0.1) is 6.54 Å². The highest BCUT2D eigenvalue weighted by molar-refractivity contribution is 6.30. The Bertz CT molecular complexity index is 1490. The van der Waals surface area contributed by atoms with Crippen molar-refractivity contribution in [2.75, 3.05) is 18.5 Å². The van der Waals surface area contributed by atoms with E-state index in [1.54, 1.807) is 12.1 Å². The van der Waals surface area contributed by atoms with Crippen LogP contribution in [-0.2, 0) is 17.7 Å². The van der Waals surface area contributed by atoms with E-state index < -0.39 is 11.5 Å². The normalized spacial score (nSPS) is 14.1. The van der Waals surface area contributed by atoms with E-state index in [-0.39, 0.29) is 18.2 Å². The van der Waals surface area contributed by atoms with Gasteiger partial charge in [-0.15, -0.1) is 0 Å². The number of carbonyl (C=O) groups excluding carboxylic acids is 1. The molecule has 192 valence electrons. The van der Waals surface area contributed by atoms with E-state index in [1.165, 1.54) is 10.8 Å². The lowest BCUT2D eigenvalue weighted by Crippen LogP contribution is -2.42. The molecule has 3 heterocycles. The molecule has 0 bridgehead atoms. The zero-order valence-electron chi connectivity index (χ0n) is 20.8. The molecule has 37 heavy (non-hydrogen) atoms. The fourth-order valence-corrected chi connectivity index (χ4v) is 4.71. The summed E-state index contributed by atoms with van der Waals surface area (Å²) in [5, 5.41) is 7.84. The van der Waals surface area contributed by atoms with E-state index in [4.69, 9.17) is 20.8 Å². The Balaban J connectivity index is 1.50. The molecule has 0 saturated carbocycles. The lowest BCUT2D eigenvalue weighted by atomic mass is 10.1. The van der Waals surface area contributed by atoms with Crippen LogP contribution in [0, 0.1) is 6.92 Å². The van der Waals surface area contributed by atoms with Crippen LogP contribution >= 0.6 is 11.6 Å². The van der Waals surface area contributed by atoms with Gasteiger partial charge >= 0.3 is 0 Å². The summed E-state index contributed by atoms with van der Waals surface area (Å²) in [5.74, 6) is 0.854. The molecule has 2 aromatic heterocycles. The van der Waals surface area contributed by atoms with Gasteiger partial charge in [0.2, 0.25) is 5.95 Å². The van der Waals surface area contributed by atoms with Crippen LogP contribution in [0.1, 0.15) is 47.0 Å². The summed E-state index contributed by atoms with van der Waals surface area (Å²) in [4.78, 5) is 31.1. The van der Waals surface area contributed by atoms with Crippen LogP contribution in [0.2, 0.25) is 5.02 Å². The summed E-state index contributed by atoms with van der Waals surface area (Å²) in [6.07, 6.45) is 3.58. The van der Waals surface area contributed by atoms with E-state index in [0.717, 1.165) is 40.0 Å². The highest BCUT2D eigenvalue weighted by atomic mass is 35.5. The van der Waals surface area contributed by atoms with Gasteiger partial charge in [-0.05, 0) is 61.2 Å². The highest BCUT2D eigenvalue weighted by Crippen LogP contribution is 2.29. The summed E-state index contributed by atoms with van der Waals surface area (Å²) >= 11 is 6.05. The summed E-state index contributed by atoms with van der Waals surface area (Å²) < 4.78 is 12.8. The standard InChI is InChI=1S/C28H29ClN4O4/c1-3-24-17(2)22-14-21(8-9-25(22)37-24)32-28-30-15-23(26(34)31-20-10-12-36-13-11-20)27(35)33(28)16-18-4-6-19(29)7-5-18/h4-9,14-15,20H,3,10-13,16H2,1-2H3,(H,30,32)(H,31,34). The molecular formula is C28H29ClN4O4. The van der Waals surface area contributed by atoms with Gasteiger partial charge in [0.15, 0.2) is 0 Å². The van der Waals surface area contributed by atoms with E-state index in [9.17, 15) is 9.59 Å². The lowest BCUT2D eigenvalue weighted by molar-refractivity contribution is 0.0695. The molecule has 0 spiro atoms. The summed E-state index contributed by atoms with van der Waals surface area (Å²) in [6, 6.07) is 13.0. The molecule has 4 aromatic rings. The number of furan rings is 1. The van der Waals surface area contributed by atoms with Crippen LogP contribution in [-0.4, -0.2) is 34.7 Å². The van der Waals surface area contributed by atoms with Crippen LogP contribution in [0.5, 0.6) is 0 Å². The number of halogens is 1. The first-order valence-electron chi connectivity index (χ1n) is 12.4. The van der Waals surface area contributed by atoms with Gasteiger partial charge in [0.25, 0.3) is 11.5 Å². The average molecular weight is 521 g/mol. The first-order valence-corrected chi connectivity index (χ1v) is 12.8. The molecule has 2 aromatic carbocycles. The molecule has 5 rings (SSSR count). The number of hydrogen-bond acceptors (Lipinski definition) is 6. The number of nitrogens with zero attached hydrogens (tertiary/aromatic N) is 2. The third-order valence-corrected chi connectivity index (χ3v) is 6.97. The summed E-state index contributed by atoms with van der Waals surface area (Å²) in [7, 11) is 0. The predicted octanol–water partition coefficient (Wildman–Crippen LogP) is 5.21. The summed E-state index contributed by atoms with van der Waals surface area (Å²) in [6.45, 7) is 5.49. The second-order valence-electron chi connectivity index (χ2n) is 9.21. The van der Waals surface area contributed by atoms with Crippen molar-refractivity contribution < 1.29 is 13.9 Å². The number of fused-ring (bicyclic) bond motifs is 1. The average Bonchev–Trinajstić information content (AvgIpc) is 3.23. The molecular weight excluding hydrogens is 492 g/mol. The van der Waals surface area contributed by atoms with Crippen LogP contribution in [0.25, 0.3) is 11.0 Å². The first kappa shape index (κ1) is 25.0. The van der Waals surface area contributed by atoms with Gasteiger partial charge in [-0.1, -0.05) is 30.7 Å². The minimum atomic E-state index is -0.427. The number of benzene rings is 2. The molecule has 1 saturated heterocycles. The van der Waals surface area contributed by atoms with Crippen LogP contribution in [0.4, 0.5) is 11.6 Å². The number of hydrogen-bond donors (Lipinski definition) is 2. The number of ether oxygens (including phenoxy) is 1. The van der Waals surface area contributed by atoms with Crippen molar-refractivity contribution in [2.24, 2.45) is 0 Å². The third kappa shape index (κ3) is 5.40. The Labute approximate surface area is 219 Å². The lowest BCUT2D eigenvalue weighted by Gasteiger charge is -2.23. The van der Waals surface area contributed by atoms with E-state index in [1.807, 2.05) is 37.3 Å². The fraction of sp³-hybridized carbons (Fsp3) is 0.321. The van der Waals surface area contributed by atoms with Crippen molar-refractivity contribution in [1.82, 2.24) is 14.9 Å². The Kier molecular flexibility index (Phi) is 7.30. The number of aromatic nitrogens is 2. The maximum atomic E-state index is 13.6. The zero-order valence-corrected chi connectivity index (χ0v) is 21.6. The molecule has 1 aliphatic rings. The largest absolute Gasteiger partial charge is 0.461 e. The van der Waals surface area contributed by atoms with Crippen molar-refractivity contribution in [3.05, 3.63) is 86.5 Å². The first-order chi connectivity index (χ1) is 17.9. The topological polar surface area (TPSA) is 98.4 Å². The van der Waals surface area contributed by atoms with Crippen LogP contribution in [0.3, 0.4) is 0 Å². The zero-order chi connectivity index (χ0) is 25.9. The van der Waals surface area contributed by atoms with E-state index >= 15 is 0 Å². The molecule has 2 N–H and O–H groups in total. The molecule has 9 heteroatoms. The van der Waals surface area contributed by atoms with Gasteiger partial charge < -0.3 is 19.8 Å². The maximum absolute atomic E-state index is 13.6. The van der Waals surface area contributed by atoms with E-state index in [0.29, 0.717) is 37.0 Å². The molecule has 1 aliphatic heterocycles. The number of rotatable bonds is 7. The number of anilines is 2. The predicted molar refractivity (Wildman–Crippen MR) is 144 cm³/mol. The molecule has 8 nitrogen and oxygen atoms in total. The maximum Gasteiger partial charge on any atom is 0.268 e. The van der Waals surface area contributed by atoms with E-state index in [2.05, 4.69) is 22.5 Å². The number of amides is 1. The molecule has 0 aliphatic carbocycles.